The molecule has 3 heteroatoms. The lowest BCUT2D eigenvalue weighted by atomic mass is 10.2. The molecular formula is C8H14N2O. The quantitative estimate of drug-likeness (QED) is 0.708. The van der Waals surface area contributed by atoms with Crippen LogP contribution in [0.4, 0.5) is 0 Å². The number of nitrogens with zero attached hydrogens (tertiary/aromatic N) is 2. The van der Waals surface area contributed by atoms with Gasteiger partial charge in [-0.15, -0.1) is 0 Å². The minimum atomic E-state index is 0.269. The number of hydrogen-bond acceptors (Lipinski definition) is 2. The van der Waals surface area contributed by atoms with Gasteiger partial charge in [-0.2, -0.15) is 5.10 Å². The van der Waals surface area contributed by atoms with Gasteiger partial charge in [0.15, 0.2) is 0 Å². The van der Waals surface area contributed by atoms with Gasteiger partial charge in [0.2, 0.25) is 0 Å². The number of hydrogen-bond donors (Lipinski definition) is 1. The van der Waals surface area contributed by atoms with E-state index in [9.17, 15) is 0 Å². The lowest BCUT2D eigenvalue weighted by molar-refractivity contribution is 0.271. The van der Waals surface area contributed by atoms with Crippen molar-refractivity contribution in [3.05, 3.63) is 18.5 Å². The summed E-state index contributed by atoms with van der Waals surface area (Å²) in [5, 5.41) is 12.7. The van der Waals surface area contributed by atoms with E-state index in [0.717, 1.165) is 12.8 Å². The lowest BCUT2D eigenvalue weighted by Crippen LogP contribution is -2.05. The molecule has 0 fully saturated rings. The fourth-order valence-corrected chi connectivity index (χ4v) is 1.06. The van der Waals surface area contributed by atoms with Gasteiger partial charge in [0, 0.05) is 25.0 Å². The largest absolute Gasteiger partial charge is 0.396 e. The average Bonchev–Trinajstić information content (AvgIpc) is 2.52. The molecule has 0 amide bonds. The van der Waals surface area contributed by atoms with E-state index in [0.29, 0.717) is 6.04 Å². The van der Waals surface area contributed by atoms with Gasteiger partial charge in [-0.05, 0) is 25.8 Å². The van der Waals surface area contributed by atoms with Crippen LogP contribution in [0.25, 0.3) is 0 Å². The fraction of sp³-hybridized carbons (Fsp3) is 0.625. The molecule has 0 bridgehead atoms. The highest BCUT2D eigenvalue weighted by molar-refractivity contribution is 4.80. The molecule has 1 unspecified atom stereocenters. The van der Waals surface area contributed by atoms with Gasteiger partial charge in [-0.3, -0.25) is 4.68 Å². The van der Waals surface area contributed by atoms with Gasteiger partial charge in [-0.25, -0.2) is 0 Å². The molecule has 0 saturated carbocycles. The second-order valence-corrected chi connectivity index (χ2v) is 2.70. The maximum Gasteiger partial charge on any atom is 0.0491 e. The van der Waals surface area contributed by atoms with Crippen LogP contribution in [0.1, 0.15) is 25.8 Å². The van der Waals surface area contributed by atoms with Crippen LogP contribution in [-0.2, 0) is 0 Å². The van der Waals surface area contributed by atoms with E-state index in [4.69, 9.17) is 5.11 Å². The predicted molar refractivity (Wildman–Crippen MR) is 43.3 cm³/mol. The Morgan fingerprint density at radius 2 is 2.45 bits per heavy atom. The molecule has 0 aliphatic carbocycles. The Hall–Kier alpha value is -0.830. The van der Waals surface area contributed by atoms with Crippen molar-refractivity contribution in [2.24, 2.45) is 0 Å². The summed E-state index contributed by atoms with van der Waals surface area (Å²) in [5.74, 6) is 0. The molecule has 1 rings (SSSR count). The molecule has 62 valence electrons. The monoisotopic (exact) mass is 154 g/mol. The van der Waals surface area contributed by atoms with Gasteiger partial charge in [0.25, 0.3) is 0 Å². The normalized spacial score (nSPS) is 13.3. The fourth-order valence-electron chi connectivity index (χ4n) is 1.06. The Labute approximate surface area is 66.7 Å². The third-order valence-corrected chi connectivity index (χ3v) is 1.76. The van der Waals surface area contributed by atoms with Crippen molar-refractivity contribution in [3.8, 4) is 0 Å². The summed E-state index contributed by atoms with van der Waals surface area (Å²) in [6.07, 6.45) is 5.55. The number of aliphatic hydroxyl groups is 1. The van der Waals surface area contributed by atoms with Crippen molar-refractivity contribution in [3.63, 3.8) is 0 Å². The third-order valence-electron chi connectivity index (χ3n) is 1.76. The predicted octanol–water partition coefficient (Wildman–Crippen LogP) is 1.22. The average molecular weight is 154 g/mol. The van der Waals surface area contributed by atoms with E-state index in [1.807, 2.05) is 16.9 Å². The van der Waals surface area contributed by atoms with Gasteiger partial charge in [0.1, 0.15) is 0 Å². The Morgan fingerprint density at radius 3 is 3.00 bits per heavy atom. The minimum absolute atomic E-state index is 0.269. The molecule has 1 heterocycles. The molecule has 1 aromatic rings. The van der Waals surface area contributed by atoms with Crippen molar-refractivity contribution in [1.82, 2.24) is 9.78 Å². The second-order valence-electron chi connectivity index (χ2n) is 2.70. The first-order valence-corrected chi connectivity index (χ1v) is 3.94. The highest BCUT2D eigenvalue weighted by atomic mass is 16.2. The van der Waals surface area contributed by atoms with Crippen LogP contribution in [0.15, 0.2) is 18.5 Å². The highest BCUT2D eigenvalue weighted by Crippen LogP contribution is 2.09. The van der Waals surface area contributed by atoms with Gasteiger partial charge in [-0.1, -0.05) is 0 Å². The number of rotatable bonds is 4. The zero-order chi connectivity index (χ0) is 8.10. The molecule has 0 saturated heterocycles. The SMILES string of the molecule is CC(CCCO)n1cccn1. The molecule has 0 aromatic carbocycles. The van der Waals surface area contributed by atoms with E-state index in [2.05, 4.69) is 12.0 Å². The lowest BCUT2D eigenvalue weighted by Gasteiger charge is -2.10. The summed E-state index contributed by atoms with van der Waals surface area (Å²) < 4.78 is 1.91. The summed E-state index contributed by atoms with van der Waals surface area (Å²) in [7, 11) is 0. The third kappa shape index (κ3) is 2.35. The first-order valence-electron chi connectivity index (χ1n) is 3.94. The van der Waals surface area contributed by atoms with Crippen molar-refractivity contribution >= 4 is 0 Å². The Bertz CT molecular complexity index is 184. The Balaban J connectivity index is 2.36. The van der Waals surface area contributed by atoms with E-state index in [-0.39, 0.29) is 6.61 Å². The minimum Gasteiger partial charge on any atom is -0.396 e. The van der Waals surface area contributed by atoms with Crippen molar-refractivity contribution in [1.29, 1.82) is 0 Å². The first-order chi connectivity index (χ1) is 5.34. The summed E-state index contributed by atoms with van der Waals surface area (Å²) in [6.45, 7) is 2.37. The smallest absolute Gasteiger partial charge is 0.0491 e. The van der Waals surface area contributed by atoms with Crippen molar-refractivity contribution in [2.45, 2.75) is 25.8 Å². The number of aliphatic hydroxyl groups excluding tert-OH is 1. The molecule has 1 atom stereocenters. The van der Waals surface area contributed by atoms with Crippen molar-refractivity contribution in [2.75, 3.05) is 6.61 Å². The van der Waals surface area contributed by atoms with E-state index >= 15 is 0 Å². The molecular weight excluding hydrogens is 140 g/mol. The first kappa shape index (κ1) is 8.27. The van der Waals surface area contributed by atoms with Crippen LogP contribution in [0, 0.1) is 0 Å². The van der Waals surface area contributed by atoms with Crippen LogP contribution >= 0.6 is 0 Å². The summed E-state index contributed by atoms with van der Waals surface area (Å²) in [4.78, 5) is 0. The molecule has 0 spiro atoms. The maximum absolute atomic E-state index is 8.58. The zero-order valence-electron chi connectivity index (χ0n) is 6.77. The Kier molecular flexibility index (Phi) is 3.11. The molecule has 1 aromatic heterocycles. The Morgan fingerprint density at radius 1 is 1.64 bits per heavy atom. The van der Waals surface area contributed by atoms with Gasteiger partial charge < -0.3 is 5.11 Å². The van der Waals surface area contributed by atoms with Gasteiger partial charge in [0.05, 0.1) is 0 Å². The number of aromatic nitrogens is 2. The standard InChI is InChI=1S/C8H14N2O/c1-8(4-2-7-11)10-6-3-5-9-10/h3,5-6,8,11H,2,4,7H2,1H3. The van der Waals surface area contributed by atoms with Crippen LogP contribution in [0.2, 0.25) is 0 Å². The second kappa shape index (κ2) is 4.13. The van der Waals surface area contributed by atoms with Crippen LogP contribution in [0.3, 0.4) is 0 Å². The molecule has 0 aliphatic heterocycles. The molecule has 3 nitrogen and oxygen atoms in total. The van der Waals surface area contributed by atoms with Crippen LogP contribution < -0.4 is 0 Å². The van der Waals surface area contributed by atoms with Crippen LogP contribution in [-0.4, -0.2) is 21.5 Å². The topological polar surface area (TPSA) is 38.0 Å². The molecule has 11 heavy (non-hydrogen) atoms. The van der Waals surface area contributed by atoms with E-state index in [1.54, 1.807) is 6.20 Å². The van der Waals surface area contributed by atoms with E-state index < -0.39 is 0 Å². The molecule has 0 radical (unpaired) electrons. The van der Waals surface area contributed by atoms with Gasteiger partial charge >= 0.3 is 0 Å². The molecule has 1 N–H and O–H groups in total. The molecule has 0 aliphatic rings. The van der Waals surface area contributed by atoms with E-state index in [1.165, 1.54) is 0 Å². The van der Waals surface area contributed by atoms with Crippen LogP contribution in [0.5, 0.6) is 0 Å². The van der Waals surface area contributed by atoms with Crippen molar-refractivity contribution < 1.29 is 5.11 Å². The maximum atomic E-state index is 8.58. The zero-order valence-corrected chi connectivity index (χ0v) is 6.77. The highest BCUT2D eigenvalue weighted by Gasteiger charge is 2.01. The summed E-state index contributed by atoms with van der Waals surface area (Å²) in [6, 6.07) is 2.31. The summed E-state index contributed by atoms with van der Waals surface area (Å²) in [5.41, 5.74) is 0. The summed E-state index contributed by atoms with van der Waals surface area (Å²) >= 11 is 0.